The van der Waals surface area contributed by atoms with E-state index in [1.807, 2.05) is 59.5 Å². The van der Waals surface area contributed by atoms with E-state index >= 15 is 0 Å². The fourth-order valence-electron chi connectivity index (χ4n) is 3.41. The summed E-state index contributed by atoms with van der Waals surface area (Å²) >= 11 is 1.62. The number of fused-ring (bicyclic) bond motifs is 1. The maximum atomic E-state index is 12.4. The molecular formula is C20H24ClN5OS. The zero-order valence-corrected chi connectivity index (χ0v) is 17.3. The van der Waals surface area contributed by atoms with E-state index in [-0.39, 0.29) is 24.5 Å². The number of benzene rings is 2. The number of rotatable bonds is 4. The van der Waals surface area contributed by atoms with E-state index in [4.69, 9.17) is 5.10 Å². The van der Waals surface area contributed by atoms with Crippen LogP contribution in [0.1, 0.15) is 12.8 Å². The SMILES string of the molecule is CSc1nn(-c2ccccc2)c2cc(NC(=O)NC3CCCNC3)ccc12.Cl. The molecule has 1 aromatic heterocycles. The topological polar surface area (TPSA) is 71.0 Å². The first-order valence-corrected chi connectivity index (χ1v) is 10.4. The van der Waals surface area contributed by atoms with Crippen molar-refractivity contribution in [2.75, 3.05) is 24.7 Å². The lowest BCUT2D eigenvalue weighted by Crippen LogP contribution is -2.47. The number of amides is 2. The Morgan fingerprint density at radius 1 is 1.25 bits per heavy atom. The van der Waals surface area contributed by atoms with Crippen LogP contribution in [-0.4, -0.2) is 41.2 Å². The quantitative estimate of drug-likeness (QED) is 0.560. The van der Waals surface area contributed by atoms with Crippen LogP contribution in [0.15, 0.2) is 53.6 Å². The molecule has 1 aliphatic rings. The average molecular weight is 418 g/mol. The van der Waals surface area contributed by atoms with E-state index in [1.165, 1.54) is 0 Å². The van der Waals surface area contributed by atoms with Crippen LogP contribution in [0.3, 0.4) is 0 Å². The van der Waals surface area contributed by atoms with Gasteiger partial charge in [0.15, 0.2) is 0 Å². The molecule has 2 amide bonds. The fourth-order valence-corrected chi connectivity index (χ4v) is 3.96. The molecular weight excluding hydrogens is 394 g/mol. The third-order valence-corrected chi connectivity index (χ3v) is 5.42. The second kappa shape index (κ2) is 9.32. The van der Waals surface area contributed by atoms with Gasteiger partial charge in [0.2, 0.25) is 0 Å². The maximum absolute atomic E-state index is 12.4. The van der Waals surface area contributed by atoms with Gasteiger partial charge in [0.05, 0.1) is 11.2 Å². The number of piperidine rings is 1. The number of nitrogens with one attached hydrogen (secondary N) is 3. The smallest absolute Gasteiger partial charge is 0.319 e. The van der Waals surface area contributed by atoms with Crippen LogP contribution in [-0.2, 0) is 0 Å². The minimum absolute atomic E-state index is 0. The van der Waals surface area contributed by atoms with Gasteiger partial charge in [0.25, 0.3) is 0 Å². The summed E-state index contributed by atoms with van der Waals surface area (Å²) in [5, 5.41) is 16.1. The van der Waals surface area contributed by atoms with Gasteiger partial charge < -0.3 is 16.0 Å². The summed E-state index contributed by atoms with van der Waals surface area (Å²) in [5.41, 5.74) is 2.73. The minimum Gasteiger partial charge on any atom is -0.334 e. The van der Waals surface area contributed by atoms with E-state index in [0.29, 0.717) is 0 Å². The van der Waals surface area contributed by atoms with E-state index in [9.17, 15) is 4.79 Å². The van der Waals surface area contributed by atoms with Crippen LogP contribution in [0, 0.1) is 0 Å². The van der Waals surface area contributed by atoms with Gasteiger partial charge in [-0.15, -0.1) is 24.2 Å². The molecule has 3 N–H and O–H groups in total. The Bertz CT molecular complexity index is 940. The van der Waals surface area contributed by atoms with Crippen molar-refractivity contribution in [3.63, 3.8) is 0 Å². The third kappa shape index (κ3) is 4.43. The Hall–Kier alpha value is -2.22. The van der Waals surface area contributed by atoms with Crippen LogP contribution in [0.4, 0.5) is 10.5 Å². The van der Waals surface area contributed by atoms with E-state index < -0.39 is 0 Å². The number of aromatic nitrogens is 2. The van der Waals surface area contributed by atoms with Gasteiger partial charge in [0, 0.05) is 23.7 Å². The lowest BCUT2D eigenvalue weighted by atomic mass is 10.1. The summed E-state index contributed by atoms with van der Waals surface area (Å²) in [4.78, 5) is 12.4. The molecule has 2 heterocycles. The number of carbonyl (C=O) groups is 1. The van der Waals surface area contributed by atoms with Crippen LogP contribution in [0.5, 0.6) is 0 Å². The van der Waals surface area contributed by atoms with Crippen molar-refractivity contribution in [3.8, 4) is 5.69 Å². The van der Waals surface area contributed by atoms with Gasteiger partial charge in [-0.1, -0.05) is 18.2 Å². The number of thioether (sulfide) groups is 1. The molecule has 0 bridgehead atoms. The lowest BCUT2D eigenvalue weighted by Gasteiger charge is -2.23. The summed E-state index contributed by atoms with van der Waals surface area (Å²) in [6, 6.07) is 16.0. The molecule has 1 atom stereocenters. The first-order chi connectivity index (χ1) is 13.2. The van der Waals surface area contributed by atoms with E-state index in [1.54, 1.807) is 11.8 Å². The summed E-state index contributed by atoms with van der Waals surface area (Å²) in [5.74, 6) is 0. The van der Waals surface area contributed by atoms with Crippen molar-refractivity contribution in [2.24, 2.45) is 0 Å². The van der Waals surface area contributed by atoms with E-state index in [0.717, 1.165) is 53.2 Å². The third-order valence-electron chi connectivity index (χ3n) is 4.73. The lowest BCUT2D eigenvalue weighted by molar-refractivity contribution is 0.245. The molecule has 1 unspecified atom stereocenters. The fraction of sp³-hybridized carbons (Fsp3) is 0.300. The molecule has 0 saturated carbocycles. The van der Waals surface area contributed by atoms with Crippen molar-refractivity contribution in [1.29, 1.82) is 0 Å². The number of nitrogens with zero attached hydrogens (tertiary/aromatic N) is 2. The second-order valence-electron chi connectivity index (χ2n) is 6.63. The van der Waals surface area contributed by atoms with Crippen molar-refractivity contribution in [1.82, 2.24) is 20.4 Å². The van der Waals surface area contributed by atoms with Gasteiger partial charge in [-0.05, 0) is 56.0 Å². The van der Waals surface area contributed by atoms with Crippen molar-refractivity contribution < 1.29 is 4.79 Å². The molecule has 1 aliphatic heterocycles. The van der Waals surface area contributed by atoms with Gasteiger partial charge in [-0.25, -0.2) is 9.48 Å². The molecule has 1 fully saturated rings. The van der Waals surface area contributed by atoms with Crippen LogP contribution in [0.2, 0.25) is 0 Å². The summed E-state index contributed by atoms with van der Waals surface area (Å²) in [6.45, 7) is 1.85. The molecule has 0 radical (unpaired) electrons. The molecule has 8 heteroatoms. The molecule has 148 valence electrons. The second-order valence-corrected chi connectivity index (χ2v) is 7.43. The van der Waals surface area contributed by atoms with Gasteiger partial charge in [-0.3, -0.25) is 0 Å². The zero-order chi connectivity index (χ0) is 18.6. The molecule has 0 spiro atoms. The molecule has 1 saturated heterocycles. The summed E-state index contributed by atoms with van der Waals surface area (Å²) in [7, 11) is 0. The highest BCUT2D eigenvalue weighted by molar-refractivity contribution is 7.98. The standard InChI is InChI=1S/C20H23N5OS.ClH/c1-27-19-17-10-9-14(22-20(26)23-15-6-5-11-21-13-15)12-18(17)25(24-19)16-7-3-2-4-8-16;/h2-4,7-10,12,15,21H,5-6,11,13H2,1H3,(H2,22,23,26);1H. The number of urea groups is 1. The highest BCUT2D eigenvalue weighted by Crippen LogP contribution is 2.30. The van der Waals surface area contributed by atoms with Crippen molar-refractivity contribution in [3.05, 3.63) is 48.5 Å². The maximum Gasteiger partial charge on any atom is 0.319 e. The normalized spacial score (nSPS) is 16.4. The molecule has 2 aromatic carbocycles. The van der Waals surface area contributed by atoms with Crippen LogP contribution >= 0.6 is 24.2 Å². The number of hydrogen-bond acceptors (Lipinski definition) is 4. The van der Waals surface area contributed by atoms with Gasteiger partial charge in [0.1, 0.15) is 5.03 Å². The number of halogens is 1. The molecule has 4 rings (SSSR count). The Morgan fingerprint density at radius 3 is 2.79 bits per heavy atom. The minimum atomic E-state index is -0.168. The molecule has 28 heavy (non-hydrogen) atoms. The number of carbonyl (C=O) groups excluding carboxylic acids is 1. The average Bonchev–Trinajstić information content (AvgIpc) is 3.07. The first-order valence-electron chi connectivity index (χ1n) is 9.15. The zero-order valence-electron chi connectivity index (χ0n) is 15.6. The molecule has 6 nitrogen and oxygen atoms in total. The Labute approximate surface area is 174 Å². The highest BCUT2D eigenvalue weighted by atomic mass is 35.5. The molecule has 3 aromatic rings. The molecule has 0 aliphatic carbocycles. The van der Waals surface area contributed by atoms with Gasteiger partial charge >= 0.3 is 6.03 Å². The Morgan fingerprint density at radius 2 is 2.07 bits per heavy atom. The predicted octanol–water partition coefficient (Wildman–Crippen LogP) is 4.04. The number of hydrogen-bond donors (Lipinski definition) is 3. The predicted molar refractivity (Wildman–Crippen MR) is 118 cm³/mol. The Balaban J connectivity index is 0.00000225. The largest absolute Gasteiger partial charge is 0.334 e. The summed E-state index contributed by atoms with van der Waals surface area (Å²) in [6.07, 6.45) is 4.12. The van der Waals surface area contributed by atoms with Gasteiger partial charge in [-0.2, -0.15) is 5.10 Å². The Kier molecular flexibility index (Phi) is 6.83. The van der Waals surface area contributed by atoms with Crippen LogP contribution in [0.25, 0.3) is 16.6 Å². The monoisotopic (exact) mass is 417 g/mol. The highest BCUT2D eigenvalue weighted by Gasteiger charge is 2.16. The number of anilines is 1. The van der Waals surface area contributed by atoms with E-state index in [2.05, 4.69) is 16.0 Å². The summed E-state index contributed by atoms with van der Waals surface area (Å²) < 4.78 is 1.93. The number of para-hydroxylation sites is 1. The van der Waals surface area contributed by atoms with Crippen LogP contribution < -0.4 is 16.0 Å². The first kappa shape index (κ1) is 20.5. The van der Waals surface area contributed by atoms with Crippen molar-refractivity contribution in [2.45, 2.75) is 23.9 Å². The van der Waals surface area contributed by atoms with Crippen molar-refractivity contribution >= 4 is 46.8 Å².